The van der Waals surface area contributed by atoms with E-state index in [2.05, 4.69) is 12.2 Å². The van der Waals surface area contributed by atoms with Gasteiger partial charge in [0.15, 0.2) is 9.84 Å². The molecule has 5 nitrogen and oxygen atoms in total. The van der Waals surface area contributed by atoms with Gasteiger partial charge in [-0.1, -0.05) is 18.2 Å². The van der Waals surface area contributed by atoms with E-state index in [1.165, 1.54) is 0 Å². The second-order valence-electron chi connectivity index (χ2n) is 6.21. The van der Waals surface area contributed by atoms with E-state index < -0.39 is 9.84 Å². The first kappa shape index (κ1) is 15.5. The Balaban J connectivity index is 1.72. The summed E-state index contributed by atoms with van der Waals surface area (Å²) < 4.78 is 24.3. The zero-order valence-electron chi connectivity index (χ0n) is 12.8. The quantitative estimate of drug-likeness (QED) is 0.912. The third-order valence-electron chi connectivity index (χ3n) is 4.46. The van der Waals surface area contributed by atoms with Crippen molar-refractivity contribution in [2.24, 2.45) is 0 Å². The number of sulfone groups is 1. The van der Waals surface area contributed by atoms with E-state index >= 15 is 0 Å². The number of carbonyl (C=O) groups is 1. The molecule has 2 aliphatic rings. The third kappa shape index (κ3) is 3.03. The van der Waals surface area contributed by atoms with Crippen molar-refractivity contribution in [1.29, 1.82) is 0 Å². The number of hydrogen-bond acceptors (Lipinski definition) is 4. The molecular formula is C16H22N2O3S. The first-order chi connectivity index (χ1) is 10.5. The molecule has 0 unspecified atom stereocenters. The highest BCUT2D eigenvalue weighted by Crippen LogP contribution is 2.32. The molecule has 22 heavy (non-hydrogen) atoms. The number of benzene rings is 1. The maximum Gasteiger partial charge on any atom is 0.222 e. The Kier molecular flexibility index (Phi) is 4.23. The summed E-state index contributed by atoms with van der Waals surface area (Å²) in [5.41, 5.74) is 0.855. The lowest BCUT2D eigenvalue weighted by Gasteiger charge is -2.30. The van der Waals surface area contributed by atoms with E-state index in [1.54, 1.807) is 12.1 Å². The van der Waals surface area contributed by atoms with Crippen LogP contribution in [0, 0.1) is 0 Å². The number of fused-ring (bicyclic) bond motifs is 1. The molecule has 2 aliphatic heterocycles. The van der Waals surface area contributed by atoms with Gasteiger partial charge in [-0.3, -0.25) is 4.79 Å². The van der Waals surface area contributed by atoms with Gasteiger partial charge in [0.25, 0.3) is 0 Å². The second-order valence-corrected chi connectivity index (χ2v) is 8.29. The maximum absolute atomic E-state index is 12.1. The van der Waals surface area contributed by atoms with Crippen LogP contribution in [-0.2, 0) is 14.6 Å². The van der Waals surface area contributed by atoms with Gasteiger partial charge in [0.2, 0.25) is 5.91 Å². The van der Waals surface area contributed by atoms with Crippen LogP contribution in [0.3, 0.4) is 0 Å². The predicted octanol–water partition coefficient (Wildman–Crippen LogP) is 1.51. The van der Waals surface area contributed by atoms with Gasteiger partial charge in [0.1, 0.15) is 0 Å². The van der Waals surface area contributed by atoms with Crippen LogP contribution in [0.1, 0.15) is 37.8 Å². The number of nitrogens with zero attached hydrogens (tertiary/aromatic N) is 1. The van der Waals surface area contributed by atoms with Gasteiger partial charge in [-0.05, 0) is 31.4 Å². The summed E-state index contributed by atoms with van der Waals surface area (Å²) in [6, 6.07) is 7.40. The molecule has 0 radical (unpaired) electrons. The Morgan fingerprint density at radius 3 is 2.86 bits per heavy atom. The molecule has 3 rings (SSSR count). The van der Waals surface area contributed by atoms with Crippen LogP contribution >= 0.6 is 0 Å². The Morgan fingerprint density at radius 2 is 2.14 bits per heavy atom. The average molecular weight is 322 g/mol. The van der Waals surface area contributed by atoms with Crippen molar-refractivity contribution < 1.29 is 13.2 Å². The van der Waals surface area contributed by atoms with Crippen molar-refractivity contribution in [1.82, 2.24) is 10.2 Å². The van der Waals surface area contributed by atoms with Gasteiger partial charge in [-0.15, -0.1) is 0 Å². The summed E-state index contributed by atoms with van der Waals surface area (Å²) in [5.74, 6) is 0.400. The largest absolute Gasteiger partial charge is 0.341 e. The molecule has 2 heterocycles. The first-order valence-electron chi connectivity index (χ1n) is 7.83. The lowest BCUT2D eigenvalue weighted by Crippen LogP contribution is -2.42. The lowest BCUT2D eigenvalue weighted by molar-refractivity contribution is -0.127. The van der Waals surface area contributed by atoms with Gasteiger partial charge >= 0.3 is 0 Å². The minimum absolute atomic E-state index is 0.0347. The highest BCUT2D eigenvalue weighted by Gasteiger charge is 2.31. The highest BCUT2D eigenvalue weighted by atomic mass is 32.2. The molecule has 0 bridgehead atoms. The monoisotopic (exact) mass is 322 g/mol. The summed E-state index contributed by atoms with van der Waals surface area (Å²) in [6.45, 7) is 3.57. The Morgan fingerprint density at radius 1 is 1.36 bits per heavy atom. The normalized spacial score (nSPS) is 25.0. The number of hydrogen-bond donors (Lipinski definition) is 1. The number of carbonyl (C=O) groups excluding carboxylic acids is 1. The van der Waals surface area contributed by atoms with Crippen molar-refractivity contribution in [3.05, 3.63) is 29.8 Å². The Bertz CT molecular complexity index is 672. The molecule has 0 aliphatic carbocycles. The van der Waals surface area contributed by atoms with E-state index in [0.29, 0.717) is 24.3 Å². The molecule has 1 saturated heterocycles. The molecule has 1 N–H and O–H groups in total. The number of rotatable bonds is 4. The van der Waals surface area contributed by atoms with E-state index in [4.69, 9.17) is 0 Å². The van der Waals surface area contributed by atoms with Gasteiger partial charge in [-0.25, -0.2) is 8.42 Å². The van der Waals surface area contributed by atoms with E-state index in [9.17, 15) is 13.2 Å². The van der Waals surface area contributed by atoms with Crippen molar-refractivity contribution in [3.8, 4) is 0 Å². The zero-order valence-corrected chi connectivity index (χ0v) is 13.6. The fraction of sp³-hybridized carbons (Fsp3) is 0.562. The predicted molar refractivity (Wildman–Crippen MR) is 84.3 cm³/mol. The Hall–Kier alpha value is -1.40. The summed E-state index contributed by atoms with van der Waals surface area (Å²) in [4.78, 5) is 14.0. The minimum Gasteiger partial charge on any atom is -0.341 e. The van der Waals surface area contributed by atoms with Crippen LogP contribution in [0.2, 0.25) is 0 Å². The van der Waals surface area contributed by atoms with Crippen LogP contribution in [0.4, 0.5) is 0 Å². The summed E-state index contributed by atoms with van der Waals surface area (Å²) in [6.07, 6.45) is 2.17. The molecule has 1 aromatic rings. The highest BCUT2D eigenvalue weighted by molar-refractivity contribution is 7.91. The van der Waals surface area contributed by atoms with Crippen LogP contribution in [0.25, 0.3) is 0 Å². The van der Waals surface area contributed by atoms with Crippen LogP contribution in [-0.4, -0.2) is 44.1 Å². The van der Waals surface area contributed by atoms with Crippen molar-refractivity contribution in [2.75, 3.05) is 18.8 Å². The second kappa shape index (κ2) is 6.01. The summed E-state index contributed by atoms with van der Waals surface area (Å²) >= 11 is 0. The molecular weight excluding hydrogens is 300 g/mol. The Labute approximate surface area is 131 Å². The number of amides is 1. The van der Waals surface area contributed by atoms with E-state index in [1.807, 2.05) is 17.0 Å². The number of likely N-dealkylation sites (tertiary alicyclic amines) is 1. The van der Waals surface area contributed by atoms with Crippen LogP contribution in [0.15, 0.2) is 29.2 Å². The first-order valence-corrected chi connectivity index (χ1v) is 9.48. The van der Waals surface area contributed by atoms with Crippen molar-refractivity contribution in [2.45, 2.75) is 43.2 Å². The fourth-order valence-electron chi connectivity index (χ4n) is 3.39. The van der Waals surface area contributed by atoms with Crippen LogP contribution < -0.4 is 5.32 Å². The SMILES string of the molecule is C[C@@H](CN1CCCC1=O)N[C@H]1CCS(=O)(=O)c2ccccc21. The molecule has 120 valence electrons. The molecule has 0 saturated carbocycles. The van der Waals surface area contributed by atoms with E-state index in [0.717, 1.165) is 18.5 Å². The van der Waals surface area contributed by atoms with Crippen molar-refractivity contribution >= 4 is 15.7 Å². The maximum atomic E-state index is 12.1. The molecule has 1 fully saturated rings. The molecule has 0 aromatic heterocycles. The average Bonchev–Trinajstić information content (AvgIpc) is 2.88. The van der Waals surface area contributed by atoms with Gasteiger partial charge in [0, 0.05) is 31.6 Å². The topological polar surface area (TPSA) is 66.5 Å². The third-order valence-corrected chi connectivity index (χ3v) is 6.27. The van der Waals surface area contributed by atoms with Crippen LogP contribution in [0.5, 0.6) is 0 Å². The molecule has 6 heteroatoms. The molecule has 0 spiro atoms. The minimum atomic E-state index is -3.15. The summed E-state index contributed by atoms with van der Waals surface area (Å²) in [7, 11) is -3.15. The molecule has 2 atom stereocenters. The van der Waals surface area contributed by atoms with Gasteiger partial charge in [0.05, 0.1) is 10.6 Å². The van der Waals surface area contributed by atoms with Gasteiger partial charge < -0.3 is 10.2 Å². The van der Waals surface area contributed by atoms with Gasteiger partial charge in [-0.2, -0.15) is 0 Å². The number of nitrogens with one attached hydrogen (secondary N) is 1. The van der Waals surface area contributed by atoms with Crippen molar-refractivity contribution in [3.63, 3.8) is 0 Å². The van der Waals surface area contributed by atoms with E-state index in [-0.39, 0.29) is 23.7 Å². The fourth-order valence-corrected chi connectivity index (χ4v) is 5.01. The molecule has 1 amide bonds. The lowest BCUT2D eigenvalue weighted by atomic mass is 10.0. The standard InChI is InChI=1S/C16H22N2O3S/c1-12(11-18-9-4-7-16(18)19)17-14-8-10-22(20,21)15-6-3-2-5-13(14)15/h2-3,5-6,12,14,17H,4,7-11H2,1H3/t12-,14-/m0/s1. The molecule has 1 aromatic carbocycles. The summed E-state index contributed by atoms with van der Waals surface area (Å²) in [5, 5.41) is 3.50. The zero-order chi connectivity index (χ0) is 15.7. The smallest absolute Gasteiger partial charge is 0.222 e.